The van der Waals surface area contributed by atoms with Crippen molar-refractivity contribution < 1.29 is 9.26 Å². The van der Waals surface area contributed by atoms with Crippen molar-refractivity contribution in [3.8, 4) is 0 Å². The summed E-state index contributed by atoms with van der Waals surface area (Å²) in [6.07, 6.45) is 0.0360. The van der Waals surface area contributed by atoms with Crippen LogP contribution in [0.25, 0.3) is 0 Å². The lowest BCUT2D eigenvalue weighted by Crippen LogP contribution is -2.40. The summed E-state index contributed by atoms with van der Waals surface area (Å²) in [7, 11) is 0. The van der Waals surface area contributed by atoms with Gasteiger partial charge in [0.05, 0.1) is 12.6 Å². The largest absolute Gasteiger partial charge is 0.368 e. The van der Waals surface area contributed by atoms with Gasteiger partial charge < -0.3 is 9.26 Å². The van der Waals surface area contributed by atoms with E-state index in [1.54, 1.807) is 11.3 Å². The number of rotatable bonds is 3. The molecule has 1 aliphatic rings. The molecule has 2 aromatic heterocycles. The molecule has 2 atom stereocenters. The van der Waals surface area contributed by atoms with E-state index < -0.39 is 0 Å². The Labute approximate surface area is 121 Å². The van der Waals surface area contributed by atoms with Crippen LogP contribution in [0.3, 0.4) is 0 Å². The molecule has 20 heavy (non-hydrogen) atoms. The lowest BCUT2D eigenvalue weighted by atomic mass is 10.2. The Kier molecular flexibility index (Phi) is 3.82. The third-order valence-corrected chi connectivity index (χ3v) is 4.51. The maximum absolute atomic E-state index is 5.84. The van der Waals surface area contributed by atoms with Gasteiger partial charge in [0.2, 0.25) is 5.89 Å². The first kappa shape index (κ1) is 13.7. The highest BCUT2D eigenvalue weighted by Crippen LogP contribution is 2.29. The van der Waals surface area contributed by atoms with E-state index in [-0.39, 0.29) is 12.1 Å². The van der Waals surface area contributed by atoms with Crippen LogP contribution in [0.4, 0.5) is 0 Å². The third-order valence-electron chi connectivity index (χ3n) is 3.46. The second kappa shape index (κ2) is 5.59. The van der Waals surface area contributed by atoms with Crippen LogP contribution in [-0.4, -0.2) is 39.7 Å². The summed E-state index contributed by atoms with van der Waals surface area (Å²) in [5.74, 6) is 1.34. The van der Waals surface area contributed by atoms with Gasteiger partial charge in [-0.25, -0.2) is 4.98 Å². The van der Waals surface area contributed by atoms with Crippen molar-refractivity contribution in [3.05, 3.63) is 27.8 Å². The molecule has 0 bridgehead atoms. The summed E-state index contributed by atoms with van der Waals surface area (Å²) in [5.41, 5.74) is 1.05. The van der Waals surface area contributed by atoms with Crippen LogP contribution in [0.2, 0.25) is 0 Å². The van der Waals surface area contributed by atoms with Crippen LogP contribution in [0.15, 0.2) is 9.90 Å². The molecular formula is C13H18N4O2S. The van der Waals surface area contributed by atoms with Crippen molar-refractivity contribution in [2.24, 2.45) is 0 Å². The summed E-state index contributed by atoms with van der Waals surface area (Å²) >= 11 is 1.66. The monoisotopic (exact) mass is 294 g/mol. The van der Waals surface area contributed by atoms with Crippen LogP contribution in [0, 0.1) is 13.8 Å². The molecular weight excluding hydrogens is 276 g/mol. The molecule has 3 rings (SSSR count). The van der Waals surface area contributed by atoms with Crippen molar-refractivity contribution >= 4 is 11.3 Å². The van der Waals surface area contributed by atoms with E-state index >= 15 is 0 Å². The molecule has 0 aromatic carbocycles. The van der Waals surface area contributed by atoms with Crippen molar-refractivity contribution in [2.45, 2.75) is 32.9 Å². The number of ether oxygens (including phenoxy) is 1. The normalized spacial score (nSPS) is 22.1. The molecule has 2 unspecified atom stereocenters. The molecule has 1 aliphatic heterocycles. The molecule has 3 heterocycles. The van der Waals surface area contributed by atoms with Crippen molar-refractivity contribution in [1.29, 1.82) is 0 Å². The minimum absolute atomic E-state index is 0.0360. The van der Waals surface area contributed by atoms with Crippen LogP contribution in [0.5, 0.6) is 0 Å². The fourth-order valence-electron chi connectivity index (χ4n) is 2.33. The Morgan fingerprint density at radius 3 is 2.90 bits per heavy atom. The lowest BCUT2D eigenvalue weighted by Gasteiger charge is -2.34. The van der Waals surface area contributed by atoms with E-state index in [1.807, 2.05) is 13.8 Å². The Balaban J connectivity index is 1.71. The van der Waals surface area contributed by atoms with Crippen molar-refractivity contribution in [1.82, 2.24) is 20.0 Å². The summed E-state index contributed by atoms with van der Waals surface area (Å²) in [5, 5.41) is 6.96. The van der Waals surface area contributed by atoms with Gasteiger partial charge >= 0.3 is 0 Å². The molecule has 0 N–H and O–H groups in total. The van der Waals surface area contributed by atoms with Crippen molar-refractivity contribution in [2.75, 3.05) is 19.7 Å². The number of thiazole rings is 1. The predicted molar refractivity (Wildman–Crippen MR) is 74.6 cm³/mol. The summed E-state index contributed by atoms with van der Waals surface area (Å²) in [6, 6.07) is 0.101. The number of aryl methyl sites for hydroxylation is 2. The number of nitrogens with zero attached hydrogens (tertiary/aromatic N) is 4. The molecule has 6 nitrogen and oxygen atoms in total. The summed E-state index contributed by atoms with van der Waals surface area (Å²) in [4.78, 5) is 11.1. The molecule has 0 amide bonds. The van der Waals surface area contributed by atoms with Crippen LogP contribution < -0.4 is 0 Å². The predicted octanol–water partition coefficient (Wildman–Crippen LogP) is 2.28. The molecule has 1 fully saturated rings. The number of hydrogen-bond acceptors (Lipinski definition) is 7. The molecule has 0 radical (unpaired) electrons. The minimum Gasteiger partial charge on any atom is -0.368 e. The highest BCUT2D eigenvalue weighted by molar-refractivity contribution is 7.09. The average Bonchev–Trinajstić information content (AvgIpc) is 3.07. The zero-order chi connectivity index (χ0) is 14.1. The third kappa shape index (κ3) is 2.74. The average molecular weight is 294 g/mol. The second-order valence-corrected chi connectivity index (χ2v) is 5.93. The zero-order valence-electron chi connectivity index (χ0n) is 11.9. The SMILES string of the molecule is Cc1csc(C2CN(C(C)c3nc(C)no3)CCO2)n1. The highest BCUT2D eigenvalue weighted by Gasteiger charge is 2.29. The zero-order valence-corrected chi connectivity index (χ0v) is 12.7. The smallest absolute Gasteiger partial charge is 0.243 e. The lowest BCUT2D eigenvalue weighted by molar-refractivity contribution is -0.0470. The Bertz CT molecular complexity index is 544. The van der Waals surface area contributed by atoms with Gasteiger partial charge in [-0.15, -0.1) is 11.3 Å². The van der Waals surface area contributed by atoms with E-state index in [0.717, 1.165) is 23.8 Å². The van der Waals surface area contributed by atoms with E-state index in [2.05, 4.69) is 32.3 Å². The number of hydrogen-bond donors (Lipinski definition) is 0. The van der Waals surface area contributed by atoms with Gasteiger partial charge in [0.25, 0.3) is 0 Å². The number of morpholine rings is 1. The molecule has 1 saturated heterocycles. The fourth-order valence-corrected chi connectivity index (χ4v) is 3.16. The van der Waals surface area contributed by atoms with Gasteiger partial charge in [-0.1, -0.05) is 5.16 Å². The molecule has 2 aromatic rings. The maximum atomic E-state index is 5.84. The molecule has 7 heteroatoms. The van der Waals surface area contributed by atoms with Gasteiger partial charge in [0.15, 0.2) is 5.82 Å². The first-order valence-corrected chi connectivity index (χ1v) is 7.59. The molecule has 0 aliphatic carbocycles. The van der Waals surface area contributed by atoms with E-state index in [9.17, 15) is 0 Å². The van der Waals surface area contributed by atoms with Gasteiger partial charge in [0.1, 0.15) is 11.1 Å². The second-order valence-electron chi connectivity index (χ2n) is 5.04. The highest BCUT2D eigenvalue weighted by atomic mass is 32.1. The summed E-state index contributed by atoms with van der Waals surface area (Å²) < 4.78 is 11.1. The molecule has 0 spiro atoms. The summed E-state index contributed by atoms with van der Waals surface area (Å²) in [6.45, 7) is 8.28. The topological polar surface area (TPSA) is 64.3 Å². The first-order valence-electron chi connectivity index (χ1n) is 6.71. The Morgan fingerprint density at radius 2 is 2.25 bits per heavy atom. The van der Waals surface area contributed by atoms with Crippen LogP contribution in [0.1, 0.15) is 41.5 Å². The van der Waals surface area contributed by atoms with E-state index in [0.29, 0.717) is 18.3 Å². The van der Waals surface area contributed by atoms with E-state index in [4.69, 9.17) is 9.26 Å². The maximum Gasteiger partial charge on any atom is 0.243 e. The quantitative estimate of drug-likeness (QED) is 0.865. The van der Waals surface area contributed by atoms with Crippen LogP contribution >= 0.6 is 11.3 Å². The van der Waals surface area contributed by atoms with Crippen LogP contribution in [-0.2, 0) is 4.74 Å². The van der Waals surface area contributed by atoms with Gasteiger partial charge in [-0.3, -0.25) is 4.90 Å². The standard InChI is InChI=1S/C13H18N4O2S/c1-8-7-20-13(14-8)11-6-17(4-5-18-11)9(2)12-15-10(3)16-19-12/h7,9,11H,4-6H2,1-3H3. The fraction of sp³-hybridized carbons (Fsp3) is 0.615. The molecule has 108 valence electrons. The number of aromatic nitrogens is 3. The molecule has 0 saturated carbocycles. The van der Waals surface area contributed by atoms with Gasteiger partial charge in [-0.05, 0) is 20.8 Å². The van der Waals surface area contributed by atoms with Gasteiger partial charge in [0, 0.05) is 24.2 Å². The minimum atomic E-state index is 0.0360. The van der Waals surface area contributed by atoms with E-state index in [1.165, 1.54) is 0 Å². The Morgan fingerprint density at radius 1 is 1.40 bits per heavy atom. The first-order chi connectivity index (χ1) is 9.63. The van der Waals surface area contributed by atoms with Crippen molar-refractivity contribution in [3.63, 3.8) is 0 Å². The Hall–Kier alpha value is -1.31. The van der Waals surface area contributed by atoms with Gasteiger partial charge in [-0.2, -0.15) is 4.98 Å².